The Morgan fingerprint density at radius 1 is 1.24 bits per heavy atom. The van der Waals surface area contributed by atoms with Gasteiger partial charge in [-0.2, -0.15) is 0 Å². The van der Waals surface area contributed by atoms with Crippen LogP contribution >= 0.6 is 11.6 Å². The van der Waals surface area contributed by atoms with Crippen molar-refractivity contribution in [2.75, 3.05) is 13.0 Å². The standard InChI is InChI=1S/C16H19ClN2O6/c1-25-16(24)12(7-10-5-3-2-4-6-10)19(13(20)9-17)15(23)11(18)8-14(21)22/h2-6,11-12H,7-9,18H2,1H3,(H,21,22). The van der Waals surface area contributed by atoms with Crippen molar-refractivity contribution in [2.45, 2.75) is 24.9 Å². The van der Waals surface area contributed by atoms with Crippen molar-refractivity contribution in [1.82, 2.24) is 4.90 Å². The first kappa shape index (κ1) is 20.6. The Morgan fingerprint density at radius 3 is 2.32 bits per heavy atom. The number of carboxylic acids is 1. The lowest BCUT2D eigenvalue weighted by atomic mass is 10.0. The second-order valence-corrected chi connectivity index (χ2v) is 5.44. The Kier molecular flexibility index (Phi) is 8.03. The molecule has 0 aromatic heterocycles. The summed E-state index contributed by atoms with van der Waals surface area (Å²) >= 11 is 5.54. The number of carbonyl (C=O) groups excluding carboxylic acids is 3. The number of halogens is 1. The van der Waals surface area contributed by atoms with E-state index in [2.05, 4.69) is 4.74 Å². The molecule has 2 amide bonds. The summed E-state index contributed by atoms with van der Waals surface area (Å²) in [7, 11) is 1.12. The molecule has 0 aliphatic rings. The summed E-state index contributed by atoms with van der Waals surface area (Å²) in [6.45, 7) is 0. The van der Waals surface area contributed by atoms with Crippen LogP contribution in [0.3, 0.4) is 0 Å². The van der Waals surface area contributed by atoms with Gasteiger partial charge in [0.15, 0.2) is 0 Å². The maximum absolute atomic E-state index is 12.5. The maximum atomic E-state index is 12.5. The lowest BCUT2D eigenvalue weighted by molar-refractivity contribution is -0.160. The normalized spacial score (nSPS) is 12.8. The molecule has 1 rings (SSSR count). The molecule has 136 valence electrons. The van der Waals surface area contributed by atoms with Gasteiger partial charge in [0, 0.05) is 6.42 Å². The minimum Gasteiger partial charge on any atom is -0.481 e. The molecule has 0 saturated carbocycles. The lowest BCUT2D eigenvalue weighted by Crippen LogP contribution is -2.56. The summed E-state index contributed by atoms with van der Waals surface area (Å²) in [6.07, 6.45) is -0.703. The minimum atomic E-state index is -1.49. The zero-order chi connectivity index (χ0) is 19.0. The predicted molar refractivity (Wildman–Crippen MR) is 88.8 cm³/mol. The number of carbonyl (C=O) groups is 4. The van der Waals surface area contributed by atoms with Crippen molar-refractivity contribution in [3.63, 3.8) is 0 Å². The first-order valence-corrected chi connectivity index (χ1v) is 7.86. The van der Waals surface area contributed by atoms with Gasteiger partial charge in [0.2, 0.25) is 11.8 Å². The van der Waals surface area contributed by atoms with E-state index >= 15 is 0 Å². The molecule has 2 atom stereocenters. The average molecular weight is 371 g/mol. The molecule has 0 aliphatic heterocycles. The van der Waals surface area contributed by atoms with Crippen molar-refractivity contribution in [2.24, 2.45) is 5.73 Å². The third-order valence-electron chi connectivity index (χ3n) is 3.39. The Morgan fingerprint density at radius 2 is 1.84 bits per heavy atom. The molecule has 0 radical (unpaired) electrons. The van der Waals surface area contributed by atoms with Crippen LogP contribution in [0.25, 0.3) is 0 Å². The molecule has 0 heterocycles. The zero-order valence-corrected chi connectivity index (χ0v) is 14.3. The number of carboxylic acid groups (broad SMARTS) is 1. The van der Waals surface area contributed by atoms with E-state index in [1.165, 1.54) is 0 Å². The number of amides is 2. The summed E-state index contributed by atoms with van der Waals surface area (Å²) in [4.78, 5) is 48.2. The van der Waals surface area contributed by atoms with Gasteiger partial charge < -0.3 is 15.6 Å². The summed E-state index contributed by atoms with van der Waals surface area (Å²) in [5.74, 6) is -4.58. The molecule has 2 unspecified atom stereocenters. The SMILES string of the molecule is COC(=O)C(Cc1ccccc1)N(C(=O)CCl)C(=O)C(N)CC(=O)O. The highest BCUT2D eigenvalue weighted by atomic mass is 35.5. The van der Waals surface area contributed by atoms with Crippen molar-refractivity contribution in [3.8, 4) is 0 Å². The number of ether oxygens (including phenoxy) is 1. The topological polar surface area (TPSA) is 127 Å². The van der Waals surface area contributed by atoms with Crippen LogP contribution in [0, 0.1) is 0 Å². The van der Waals surface area contributed by atoms with E-state index in [0.29, 0.717) is 10.5 Å². The molecular weight excluding hydrogens is 352 g/mol. The van der Waals surface area contributed by atoms with E-state index in [-0.39, 0.29) is 6.42 Å². The zero-order valence-electron chi connectivity index (χ0n) is 13.6. The third-order valence-corrected chi connectivity index (χ3v) is 3.62. The Labute approximate surface area is 149 Å². The van der Waals surface area contributed by atoms with Gasteiger partial charge in [-0.05, 0) is 5.56 Å². The van der Waals surface area contributed by atoms with Gasteiger partial charge in [0.05, 0.1) is 19.6 Å². The fourth-order valence-electron chi connectivity index (χ4n) is 2.22. The van der Waals surface area contributed by atoms with Crippen LogP contribution in [-0.4, -0.2) is 58.8 Å². The Balaban J connectivity index is 3.20. The van der Waals surface area contributed by atoms with E-state index in [1.807, 2.05) is 0 Å². The number of imide groups is 1. The maximum Gasteiger partial charge on any atom is 0.329 e. The second-order valence-electron chi connectivity index (χ2n) is 5.17. The van der Waals surface area contributed by atoms with Gasteiger partial charge >= 0.3 is 11.9 Å². The molecule has 8 nitrogen and oxygen atoms in total. The van der Waals surface area contributed by atoms with E-state index < -0.39 is 48.1 Å². The third kappa shape index (κ3) is 5.84. The number of rotatable bonds is 8. The number of alkyl halides is 1. The summed E-state index contributed by atoms with van der Waals surface area (Å²) < 4.78 is 4.69. The van der Waals surface area contributed by atoms with E-state index in [9.17, 15) is 19.2 Å². The molecule has 3 N–H and O–H groups in total. The summed E-state index contributed by atoms with van der Waals surface area (Å²) in [5.41, 5.74) is 6.24. The molecule has 0 spiro atoms. The van der Waals surface area contributed by atoms with E-state index in [4.69, 9.17) is 22.4 Å². The summed E-state index contributed by atoms with van der Waals surface area (Å²) in [5, 5.41) is 8.79. The van der Waals surface area contributed by atoms with Crippen LogP contribution < -0.4 is 5.73 Å². The first-order chi connectivity index (χ1) is 11.8. The van der Waals surface area contributed by atoms with Crippen molar-refractivity contribution in [1.29, 1.82) is 0 Å². The lowest BCUT2D eigenvalue weighted by Gasteiger charge is -2.29. The van der Waals surface area contributed by atoms with E-state index in [0.717, 1.165) is 7.11 Å². The van der Waals surface area contributed by atoms with Crippen molar-refractivity contribution < 1.29 is 29.0 Å². The van der Waals surface area contributed by atoms with Gasteiger partial charge in [-0.15, -0.1) is 11.6 Å². The van der Waals surface area contributed by atoms with Gasteiger partial charge in [-0.25, -0.2) is 4.79 Å². The number of aliphatic carboxylic acids is 1. The molecule has 0 aliphatic carbocycles. The van der Waals surface area contributed by atoms with Gasteiger partial charge in [0.25, 0.3) is 0 Å². The van der Waals surface area contributed by atoms with Crippen LogP contribution in [0.5, 0.6) is 0 Å². The van der Waals surface area contributed by atoms with Gasteiger partial charge in [0.1, 0.15) is 11.9 Å². The Hall–Kier alpha value is -2.45. The quantitative estimate of drug-likeness (QED) is 0.493. The number of hydrogen-bond acceptors (Lipinski definition) is 6. The molecule has 1 aromatic rings. The number of hydrogen-bond donors (Lipinski definition) is 2. The van der Waals surface area contributed by atoms with Crippen LogP contribution in [0.2, 0.25) is 0 Å². The number of benzene rings is 1. The average Bonchev–Trinajstić information content (AvgIpc) is 2.60. The predicted octanol–water partition coefficient (Wildman–Crippen LogP) is 0.167. The van der Waals surface area contributed by atoms with Crippen LogP contribution in [0.1, 0.15) is 12.0 Å². The first-order valence-electron chi connectivity index (χ1n) is 7.32. The highest BCUT2D eigenvalue weighted by Crippen LogP contribution is 2.14. The smallest absolute Gasteiger partial charge is 0.329 e. The number of nitrogens with two attached hydrogens (primary N) is 1. The Bertz CT molecular complexity index is 637. The number of nitrogens with zero attached hydrogens (tertiary/aromatic N) is 1. The molecule has 9 heteroatoms. The summed E-state index contributed by atoms with van der Waals surface area (Å²) in [6, 6.07) is 5.86. The van der Waals surface area contributed by atoms with Gasteiger partial charge in [-0.3, -0.25) is 19.3 Å². The molecule has 1 aromatic carbocycles. The second kappa shape index (κ2) is 9.75. The molecular formula is C16H19ClN2O6. The number of esters is 1. The fraction of sp³-hybridized carbons (Fsp3) is 0.375. The van der Waals surface area contributed by atoms with Crippen LogP contribution in [0.15, 0.2) is 30.3 Å². The highest BCUT2D eigenvalue weighted by Gasteiger charge is 2.37. The minimum absolute atomic E-state index is 0.0122. The van der Waals surface area contributed by atoms with Crippen molar-refractivity contribution in [3.05, 3.63) is 35.9 Å². The fourth-order valence-corrected chi connectivity index (χ4v) is 2.35. The molecule has 0 bridgehead atoms. The van der Waals surface area contributed by atoms with Gasteiger partial charge in [-0.1, -0.05) is 30.3 Å². The number of methoxy groups -OCH3 is 1. The highest BCUT2D eigenvalue weighted by molar-refractivity contribution is 6.28. The monoisotopic (exact) mass is 370 g/mol. The molecule has 0 saturated heterocycles. The largest absolute Gasteiger partial charge is 0.481 e. The van der Waals surface area contributed by atoms with Crippen LogP contribution in [0.4, 0.5) is 0 Å². The molecule has 25 heavy (non-hydrogen) atoms. The molecule has 0 fully saturated rings. The van der Waals surface area contributed by atoms with Crippen molar-refractivity contribution >= 4 is 35.4 Å². The van der Waals surface area contributed by atoms with E-state index in [1.54, 1.807) is 30.3 Å². The van der Waals surface area contributed by atoms with Crippen LogP contribution in [-0.2, 0) is 30.3 Å².